The van der Waals surface area contributed by atoms with Gasteiger partial charge in [-0.15, -0.1) is 0 Å². The molecule has 0 amide bonds. The molecule has 0 spiro atoms. The van der Waals surface area contributed by atoms with Gasteiger partial charge in [0.1, 0.15) is 5.00 Å². The number of nitrogens with one attached hydrogen (secondary N) is 1. The average molecular weight is 227 g/mol. The Hall–Kier alpha value is -0.770. The Bertz CT molecular complexity index is 286. The molecule has 0 atom stereocenters. The maximum atomic E-state index is 5.62. The highest BCUT2D eigenvalue weighted by atomic mass is 32.1. The zero-order chi connectivity index (χ0) is 11.4. The van der Waals surface area contributed by atoms with E-state index in [0.29, 0.717) is 17.8 Å². The van der Waals surface area contributed by atoms with Crippen molar-refractivity contribution in [1.82, 2.24) is 4.98 Å². The van der Waals surface area contributed by atoms with Crippen LogP contribution in [-0.4, -0.2) is 11.5 Å². The molecule has 1 aromatic heterocycles. The number of nitrogen functional groups attached to an aromatic ring is 1. The number of anilines is 2. The molecule has 0 fully saturated rings. The van der Waals surface area contributed by atoms with Crippen molar-refractivity contribution in [2.75, 3.05) is 17.6 Å². The second-order valence-electron chi connectivity index (χ2n) is 4.60. The van der Waals surface area contributed by atoms with Gasteiger partial charge in [0.05, 0.1) is 6.20 Å². The van der Waals surface area contributed by atoms with E-state index in [1.807, 2.05) is 0 Å². The Morgan fingerprint density at radius 2 is 1.93 bits per heavy atom. The van der Waals surface area contributed by atoms with Gasteiger partial charge in [-0.2, -0.15) is 0 Å². The molecule has 0 saturated carbocycles. The molecule has 15 heavy (non-hydrogen) atoms. The molecule has 0 saturated heterocycles. The van der Waals surface area contributed by atoms with E-state index in [1.54, 1.807) is 6.20 Å². The normalized spacial score (nSPS) is 11.7. The third-order valence-electron chi connectivity index (χ3n) is 2.73. The van der Waals surface area contributed by atoms with Crippen LogP contribution in [0.2, 0.25) is 0 Å². The fourth-order valence-electron chi connectivity index (χ4n) is 1.81. The van der Waals surface area contributed by atoms with Crippen molar-refractivity contribution in [2.24, 2.45) is 17.8 Å². The maximum Gasteiger partial charge on any atom is 0.184 e. The molecule has 4 heteroatoms. The van der Waals surface area contributed by atoms with Crippen molar-refractivity contribution < 1.29 is 0 Å². The molecular weight excluding hydrogens is 206 g/mol. The largest absolute Gasteiger partial charge is 0.389 e. The summed E-state index contributed by atoms with van der Waals surface area (Å²) >= 11 is 1.51. The molecule has 0 aromatic carbocycles. The second-order valence-corrected chi connectivity index (χ2v) is 5.66. The van der Waals surface area contributed by atoms with E-state index >= 15 is 0 Å². The summed E-state index contributed by atoms with van der Waals surface area (Å²) in [6, 6.07) is 0. The van der Waals surface area contributed by atoms with Crippen molar-refractivity contribution in [1.29, 1.82) is 0 Å². The van der Waals surface area contributed by atoms with Gasteiger partial charge >= 0.3 is 0 Å². The topological polar surface area (TPSA) is 50.9 Å². The van der Waals surface area contributed by atoms with Crippen LogP contribution in [0, 0.1) is 17.8 Å². The summed E-state index contributed by atoms with van der Waals surface area (Å²) in [5.74, 6) is 2.06. The summed E-state index contributed by atoms with van der Waals surface area (Å²) in [4.78, 5) is 4.19. The Labute approximate surface area is 96.1 Å². The first-order valence-corrected chi connectivity index (χ1v) is 6.27. The van der Waals surface area contributed by atoms with Gasteiger partial charge in [0.2, 0.25) is 0 Å². The molecule has 0 aliphatic rings. The van der Waals surface area contributed by atoms with Gasteiger partial charge in [-0.1, -0.05) is 39.0 Å². The van der Waals surface area contributed by atoms with Crippen molar-refractivity contribution in [3.63, 3.8) is 0 Å². The summed E-state index contributed by atoms with van der Waals surface area (Å²) in [6.45, 7) is 10.0. The summed E-state index contributed by atoms with van der Waals surface area (Å²) in [6.07, 6.45) is 1.70. The Morgan fingerprint density at radius 3 is 2.33 bits per heavy atom. The molecule has 3 N–H and O–H groups in total. The van der Waals surface area contributed by atoms with Crippen LogP contribution in [-0.2, 0) is 0 Å². The fraction of sp³-hybridized carbons (Fsp3) is 0.727. The van der Waals surface area contributed by atoms with Crippen LogP contribution in [0.3, 0.4) is 0 Å². The van der Waals surface area contributed by atoms with E-state index in [1.165, 1.54) is 11.3 Å². The highest BCUT2D eigenvalue weighted by Crippen LogP contribution is 2.24. The minimum absolute atomic E-state index is 0.676. The minimum atomic E-state index is 0.676. The SMILES string of the molecule is CC(C)C(CNc1ncc(N)s1)C(C)C. The van der Waals surface area contributed by atoms with E-state index in [2.05, 4.69) is 38.0 Å². The van der Waals surface area contributed by atoms with E-state index in [9.17, 15) is 0 Å². The predicted molar refractivity (Wildman–Crippen MR) is 68.2 cm³/mol. The molecule has 1 heterocycles. The zero-order valence-electron chi connectivity index (χ0n) is 9.95. The Kier molecular flexibility index (Phi) is 4.39. The number of thiazole rings is 1. The van der Waals surface area contributed by atoms with Crippen LogP contribution < -0.4 is 11.1 Å². The Balaban J connectivity index is 2.47. The molecule has 1 aromatic rings. The average Bonchev–Trinajstić information content (AvgIpc) is 2.50. The number of hydrogen-bond donors (Lipinski definition) is 2. The van der Waals surface area contributed by atoms with Gasteiger partial charge in [0, 0.05) is 6.54 Å². The lowest BCUT2D eigenvalue weighted by Gasteiger charge is -2.24. The smallest absolute Gasteiger partial charge is 0.184 e. The molecule has 0 aliphatic heterocycles. The van der Waals surface area contributed by atoms with Gasteiger partial charge in [0.25, 0.3) is 0 Å². The lowest BCUT2D eigenvalue weighted by Crippen LogP contribution is -2.24. The van der Waals surface area contributed by atoms with Crippen molar-refractivity contribution in [3.05, 3.63) is 6.20 Å². The number of aromatic nitrogens is 1. The van der Waals surface area contributed by atoms with Crippen LogP contribution in [0.25, 0.3) is 0 Å². The third-order valence-corrected chi connectivity index (χ3v) is 3.51. The van der Waals surface area contributed by atoms with Crippen LogP contribution in [0.15, 0.2) is 6.20 Å². The van der Waals surface area contributed by atoms with Crippen LogP contribution in [0.5, 0.6) is 0 Å². The van der Waals surface area contributed by atoms with Crippen LogP contribution >= 0.6 is 11.3 Å². The monoisotopic (exact) mass is 227 g/mol. The summed E-state index contributed by atoms with van der Waals surface area (Å²) in [7, 11) is 0. The number of nitrogens with two attached hydrogens (primary N) is 1. The maximum absolute atomic E-state index is 5.62. The third kappa shape index (κ3) is 3.70. The molecule has 0 unspecified atom stereocenters. The summed E-state index contributed by atoms with van der Waals surface area (Å²) in [5, 5.41) is 5.05. The van der Waals surface area contributed by atoms with Gasteiger partial charge in [0.15, 0.2) is 5.13 Å². The molecule has 86 valence electrons. The minimum Gasteiger partial charge on any atom is -0.389 e. The second kappa shape index (κ2) is 5.35. The summed E-state index contributed by atoms with van der Waals surface area (Å²) in [5.41, 5.74) is 5.62. The van der Waals surface area contributed by atoms with E-state index < -0.39 is 0 Å². The quantitative estimate of drug-likeness (QED) is 0.813. The van der Waals surface area contributed by atoms with Gasteiger partial charge in [-0.05, 0) is 17.8 Å². The molecule has 0 radical (unpaired) electrons. The van der Waals surface area contributed by atoms with E-state index in [-0.39, 0.29) is 0 Å². The summed E-state index contributed by atoms with van der Waals surface area (Å²) < 4.78 is 0. The molecule has 0 aliphatic carbocycles. The molecule has 3 nitrogen and oxygen atoms in total. The van der Waals surface area contributed by atoms with Gasteiger partial charge in [-0.25, -0.2) is 4.98 Å². The fourth-order valence-corrected chi connectivity index (χ4v) is 2.40. The number of nitrogens with zero attached hydrogens (tertiary/aromatic N) is 1. The van der Waals surface area contributed by atoms with E-state index in [4.69, 9.17) is 5.73 Å². The Morgan fingerprint density at radius 1 is 1.33 bits per heavy atom. The predicted octanol–water partition coefficient (Wildman–Crippen LogP) is 3.07. The standard InChI is InChI=1S/C11H21N3S/c1-7(2)9(8(3)4)5-13-11-14-6-10(12)15-11/h6-9H,5,12H2,1-4H3,(H,13,14). The highest BCUT2D eigenvalue weighted by molar-refractivity contribution is 7.19. The first kappa shape index (κ1) is 12.3. The number of rotatable bonds is 5. The van der Waals surface area contributed by atoms with Crippen molar-refractivity contribution in [2.45, 2.75) is 27.7 Å². The highest BCUT2D eigenvalue weighted by Gasteiger charge is 2.17. The van der Waals surface area contributed by atoms with Gasteiger partial charge in [-0.3, -0.25) is 0 Å². The first-order valence-electron chi connectivity index (χ1n) is 5.46. The van der Waals surface area contributed by atoms with Crippen LogP contribution in [0.1, 0.15) is 27.7 Å². The molecule has 0 bridgehead atoms. The van der Waals surface area contributed by atoms with E-state index in [0.717, 1.165) is 16.7 Å². The lowest BCUT2D eigenvalue weighted by atomic mass is 9.86. The lowest BCUT2D eigenvalue weighted by molar-refractivity contribution is 0.304. The van der Waals surface area contributed by atoms with Crippen molar-refractivity contribution >= 4 is 21.5 Å². The van der Waals surface area contributed by atoms with Crippen molar-refractivity contribution in [3.8, 4) is 0 Å². The van der Waals surface area contributed by atoms with Gasteiger partial charge < -0.3 is 11.1 Å². The first-order chi connectivity index (χ1) is 7.00. The number of hydrogen-bond acceptors (Lipinski definition) is 4. The zero-order valence-corrected chi connectivity index (χ0v) is 10.8. The molecule has 1 rings (SSSR count). The molecular formula is C11H21N3S. The van der Waals surface area contributed by atoms with Crippen LogP contribution in [0.4, 0.5) is 10.1 Å².